The van der Waals surface area contributed by atoms with Gasteiger partial charge in [0.05, 0.1) is 4.99 Å². The van der Waals surface area contributed by atoms with Gasteiger partial charge in [-0.2, -0.15) is 0 Å². The lowest BCUT2D eigenvalue weighted by Gasteiger charge is -2.57. The minimum absolute atomic E-state index is 0.619. The molecular formula is C18H29NS. The maximum absolute atomic E-state index is 5.76. The average Bonchev–Trinajstić information content (AvgIpc) is 2.37. The number of hydrogen-bond donors (Lipinski definition) is 1. The van der Waals surface area contributed by atoms with Crippen LogP contribution < -0.4 is 5.32 Å². The van der Waals surface area contributed by atoms with E-state index in [2.05, 4.69) is 5.32 Å². The second-order valence-corrected chi connectivity index (χ2v) is 8.99. The number of rotatable bonds is 3. The minimum Gasteiger partial charge on any atom is -0.377 e. The van der Waals surface area contributed by atoms with Gasteiger partial charge in [-0.05, 0) is 74.5 Å². The molecule has 1 N–H and O–H groups in total. The van der Waals surface area contributed by atoms with E-state index >= 15 is 0 Å². The monoisotopic (exact) mass is 291 g/mol. The van der Waals surface area contributed by atoms with Gasteiger partial charge < -0.3 is 5.32 Å². The van der Waals surface area contributed by atoms with Crippen LogP contribution in [0.25, 0.3) is 0 Å². The lowest BCUT2D eigenvalue weighted by Crippen LogP contribution is -2.48. The zero-order valence-electron chi connectivity index (χ0n) is 12.7. The van der Waals surface area contributed by atoms with Crippen LogP contribution in [0.1, 0.15) is 77.0 Å². The van der Waals surface area contributed by atoms with Crippen molar-refractivity contribution in [3.8, 4) is 0 Å². The average molecular weight is 292 g/mol. The fraction of sp³-hybridized carbons (Fsp3) is 0.944. The van der Waals surface area contributed by atoms with Crippen LogP contribution >= 0.6 is 12.2 Å². The second kappa shape index (κ2) is 5.26. The van der Waals surface area contributed by atoms with Crippen LogP contribution in [0.2, 0.25) is 0 Å². The van der Waals surface area contributed by atoms with E-state index in [-0.39, 0.29) is 0 Å². The molecule has 0 saturated heterocycles. The van der Waals surface area contributed by atoms with Crippen molar-refractivity contribution in [2.75, 3.05) is 0 Å². The van der Waals surface area contributed by atoms with E-state index in [4.69, 9.17) is 12.2 Å². The topological polar surface area (TPSA) is 12.0 Å². The van der Waals surface area contributed by atoms with Crippen LogP contribution in [0.4, 0.5) is 0 Å². The van der Waals surface area contributed by atoms with Crippen molar-refractivity contribution < 1.29 is 0 Å². The van der Waals surface area contributed by atoms with E-state index < -0.39 is 0 Å². The molecule has 5 rings (SSSR count). The Kier molecular flexibility index (Phi) is 3.57. The van der Waals surface area contributed by atoms with E-state index in [9.17, 15) is 0 Å². The fourth-order valence-corrected chi connectivity index (χ4v) is 6.85. The molecule has 5 saturated carbocycles. The van der Waals surface area contributed by atoms with Crippen molar-refractivity contribution in [1.82, 2.24) is 5.32 Å². The van der Waals surface area contributed by atoms with Gasteiger partial charge in [-0.3, -0.25) is 0 Å². The molecule has 0 aromatic carbocycles. The Morgan fingerprint density at radius 1 is 0.900 bits per heavy atom. The van der Waals surface area contributed by atoms with Gasteiger partial charge >= 0.3 is 0 Å². The smallest absolute Gasteiger partial charge is 0.0761 e. The summed E-state index contributed by atoms with van der Waals surface area (Å²) in [5, 5.41) is 3.73. The third-order valence-corrected chi connectivity index (χ3v) is 6.93. The summed E-state index contributed by atoms with van der Waals surface area (Å²) < 4.78 is 0. The summed E-state index contributed by atoms with van der Waals surface area (Å²) in [6.07, 6.45) is 17.2. The van der Waals surface area contributed by atoms with Crippen molar-refractivity contribution in [3.63, 3.8) is 0 Å². The summed E-state index contributed by atoms with van der Waals surface area (Å²) in [6.45, 7) is 0. The predicted octanol–water partition coefficient (Wildman–Crippen LogP) is 4.84. The second-order valence-electron chi connectivity index (χ2n) is 8.50. The van der Waals surface area contributed by atoms with Gasteiger partial charge in [0, 0.05) is 12.5 Å². The standard InChI is InChI=1S/C18H29NS/c20-17(19-16-4-2-1-3-5-16)12-18-9-13-6-14(10-18)8-15(7-13)11-18/h13-16H,1-12H2,(H,19,20). The molecule has 0 amide bonds. The highest BCUT2D eigenvalue weighted by atomic mass is 32.1. The summed E-state index contributed by atoms with van der Waals surface area (Å²) in [5.74, 6) is 3.16. The third kappa shape index (κ3) is 2.65. The Hall–Kier alpha value is -0.110. The number of thiocarbonyl (C=S) groups is 1. The van der Waals surface area contributed by atoms with E-state index in [0.29, 0.717) is 11.5 Å². The van der Waals surface area contributed by atoms with Gasteiger partial charge in [-0.15, -0.1) is 0 Å². The predicted molar refractivity (Wildman–Crippen MR) is 87.8 cm³/mol. The molecule has 0 aromatic heterocycles. The van der Waals surface area contributed by atoms with Crippen molar-refractivity contribution in [3.05, 3.63) is 0 Å². The molecule has 2 heteroatoms. The molecule has 4 bridgehead atoms. The molecule has 5 aliphatic carbocycles. The van der Waals surface area contributed by atoms with Crippen LogP contribution in [-0.2, 0) is 0 Å². The summed E-state index contributed by atoms with van der Waals surface area (Å²) in [4.78, 5) is 1.21. The number of hydrogen-bond acceptors (Lipinski definition) is 1. The quantitative estimate of drug-likeness (QED) is 0.747. The first-order valence-electron chi connectivity index (χ1n) is 9.00. The molecule has 5 fully saturated rings. The van der Waals surface area contributed by atoms with Gasteiger partial charge in [-0.25, -0.2) is 0 Å². The van der Waals surface area contributed by atoms with Crippen LogP contribution in [0.15, 0.2) is 0 Å². The third-order valence-electron chi connectivity index (χ3n) is 6.67. The zero-order chi connectivity index (χ0) is 13.6. The van der Waals surface area contributed by atoms with Gasteiger partial charge in [0.25, 0.3) is 0 Å². The van der Waals surface area contributed by atoms with Crippen LogP contribution in [0.5, 0.6) is 0 Å². The maximum Gasteiger partial charge on any atom is 0.0761 e. The van der Waals surface area contributed by atoms with E-state index in [1.165, 1.54) is 62.8 Å². The molecule has 0 radical (unpaired) electrons. The first-order chi connectivity index (χ1) is 9.71. The van der Waals surface area contributed by atoms with E-state index in [1.807, 2.05) is 0 Å². The first kappa shape index (κ1) is 13.5. The summed E-state index contributed by atoms with van der Waals surface area (Å²) >= 11 is 5.76. The molecule has 0 unspecified atom stereocenters. The van der Waals surface area contributed by atoms with Gasteiger partial charge in [0.2, 0.25) is 0 Å². The molecule has 1 nitrogen and oxygen atoms in total. The molecule has 0 atom stereocenters. The summed E-state index contributed by atoms with van der Waals surface area (Å²) in [5.41, 5.74) is 0.619. The Bertz CT molecular complexity index is 348. The van der Waals surface area contributed by atoms with E-state index in [1.54, 1.807) is 19.3 Å². The molecule has 0 heterocycles. The highest BCUT2D eigenvalue weighted by molar-refractivity contribution is 7.80. The molecule has 0 aliphatic heterocycles. The Balaban J connectivity index is 1.37. The van der Waals surface area contributed by atoms with Crippen molar-refractivity contribution in [1.29, 1.82) is 0 Å². The van der Waals surface area contributed by atoms with Gasteiger partial charge in [0.1, 0.15) is 0 Å². The zero-order valence-corrected chi connectivity index (χ0v) is 13.5. The van der Waals surface area contributed by atoms with E-state index in [0.717, 1.165) is 17.8 Å². The van der Waals surface area contributed by atoms with Crippen molar-refractivity contribution in [2.45, 2.75) is 83.1 Å². The normalized spacial score (nSPS) is 43.7. The van der Waals surface area contributed by atoms with Crippen LogP contribution in [-0.4, -0.2) is 11.0 Å². The lowest BCUT2D eigenvalue weighted by molar-refractivity contribution is -0.0482. The Morgan fingerprint density at radius 3 is 2.00 bits per heavy atom. The fourth-order valence-electron chi connectivity index (χ4n) is 6.37. The Morgan fingerprint density at radius 2 is 1.45 bits per heavy atom. The largest absolute Gasteiger partial charge is 0.377 e. The SMILES string of the molecule is S=C(CC12CC3CC(CC(C3)C1)C2)NC1CCCCC1. The number of nitrogens with one attached hydrogen (secondary N) is 1. The molecule has 0 aromatic rings. The Labute approximate surface area is 129 Å². The highest BCUT2D eigenvalue weighted by Crippen LogP contribution is 2.61. The summed E-state index contributed by atoms with van der Waals surface area (Å²) in [6, 6.07) is 0.699. The van der Waals surface area contributed by atoms with Crippen LogP contribution in [0.3, 0.4) is 0 Å². The summed E-state index contributed by atoms with van der Waals surface area (Å²) in [7, 11) is 0. The molecule has 112 valence electrons. The maximum atomic E-state index is 5.76. The molecule has 5 aliphatic rings. The van der Waals surface area contributed by atoms with Crippen molar-refractivity contribution in [2.24, 2.45) is 23.2 Å². The highest BCUT2D eigenvalue weighted by Gasteiger charge is 2.50. The van der Waals surface area contributed by atoms with Gasteiger partial charge in [0.15, 0.2) is 0 Å². The molecular weight excluding hydrogens is 262 g/mol. The van der Waals surface area contributed by atoms with Crippen LogP contribution in [0, 0.1) is 23.2 Å². The van der Waals surface area contributed by atoms with Gasteiger partial charge in [-0.1, -0.05) is 31.5 Å². The first-order valence-corrected chi connectivity index (χ1v) is 9.41. The minimum atomic E-state index is 0.619. The van der Waals surface area contributed by atoms with Crippen molar-refractivity contribution >= 4 is 17.2 Å². The lowest BCUT2D eigenvalue weighted by atomic mass is 9.49. The molecule has 0 spiro atoms. The molecule has 20 heavy (non-hydrogen) atoms.